The molecule has 0 fully saturated rings. The van der Waals surface area contributed by atoms with Crippen LogP contribution in [0, 0.1) is 0 Å². The second-order valence-electron chi connectivity index (χ2n) is 14.1. The van der Waals surface area contributed by atoms with E-state index in [1.807, 2.05) is 22.7 Å². The molecule has 0 amide bonds. The molecule has 0 unspecified atom stereocenters. The number of thiophene rings is 2. The predicted molar refractivity (Wildman–Crippen MR) is 241 cm³/mol. The molecule has 0 saturated heterocycles. The van der Waals surface area contributed by atoms with E-state index in [0.717, 1.165) is 11.4 Å². The van der Waals surface area contributed by atoms with E-state index in [0.29, 0.717) is 0 Å². The summed E-state index contributed by atoms with van der Waals surface area (Å²) in [6, 6.07) is 73.3. The highest BCUT2D eigenvalue weighted by atomic mass is 32.1. The molecule has 0 aliphatic rings. The molecule has 0 aliphatic heterocycles. The van der Waals surface area contributed by atoms with Crippen LogP contribution >= 0.6 is 22.7 Å². The summed E-state index contributed by atoms with van der Waals surface area (Å²) in [5, 5.41) is 7.66. The first-order chi connectivity index (χ1) is 27.3. The van der Waals surface area contributed by atoms with Crippen molar-refractivity contribution in [3.05, 3.63) is 200 Å². The fourth-order valence-corrected chi connectivity index (χ4v) is 10.8. The zero-order valence-corrected chi connectivity index (χ0v) is 31.4. The van der Waals surface area contributed by atoms with Crippen molar-refractivity contribution in [3.8, 4) is 33.4 Å². The lowest BCUT2D eigenvalue weighted by molar-refractivity contribution is 1.31. The number of nitrogens with zero attached hydrogens (tertiary/aromatic N) is 1. The molecular formula is C52H33NS2. The summed E-state index contributed by atoms with van der Waals surface area (Å²) in [6.07, 6.45) is 0. The second-order valence-corrected chi connectivity index (χ2v) is 16.2. The van der Waals surface area contributed by atoms with Gasteiger partial charge in [-0.15, -0.1) is 22.7 Å². The first-order valence-electron chi connectivity index (χ1n) is 18.7. The molecule has 0 saturated carbocycles. The Bertz CT molecular complexity index is 3190. The van der Waals surface area contributed by atoms with Crippen LogP contribution < -0.4 is 4.90 Å². The second kappa shape index (κ2) is 13.1. The molecule has 1 nitrogen and oxygen atoms in total. The molecule has 0 radical (unpaired) electrons. The molecule has 2 heterocycles. The third-order valence-electron chi connectivity index (χ3n) is 10.9. The number of hydrogen-bond donors (Lipinski definition) is 0. The van der Waals surface area contributed by atoms with E-state index in [-0.39, 0.29) is 0 Å². The third kappa shape index (κ3) is 5.43. The SMILES string of the molecule is c1ccc(-c2ccc3cc(N(c4ccc(-c5cccc6c5sc5ccccc56)cc4)c4cccc5c4sc4c(-c6ccccc6)cccc45)ccc3c2)cc1. The van der Waals surface area contributed by atoms with Gasteiger partial charge in [0.15, 0.2) is 0 Å². The maximum absolute atomic E-state index is 2.45. The van der Waals surface area contributed by atoms with Gasteiger partial charge in [0, 0.05) is 47.0 Å². The van der Waals surface area contributed by atoms with Crippen molar-refractivity contribution in [2.75, 3.05) is 4.90 Å². The molecule has 3 heteroatoms. The number of rotatable bonds is 6. The van der Waals surface area contributed by atoms with E-state index in [4.69, 9.17) is 0 Å². The predicted octanol–water partition coefficient (Wildman–Crippen LogP) is 16.0. The van der Waals surface area contributed by atoms with Crippen LogP contribution in [0.5, 0.6) is 0 Å². The largest absolute Gasteiger partial charge is 0.309 e. The summed E-state index contributed by atoms with van der Waals surface area (Å²) in [7, 11) is 0. The molecular weight excluding hydrogens is 703 g/mol. The average Bonchev–Trinajstić information content (AvgIpc) is 3.84. The lowest BCUT2D eigenvalue weighted by Gasteiger charge is -2.26. The smallest absolute Gasteiger partial charge is 0.0640 e. The lowest BCUT2D eigenvalue weighted by atomic mass is 10.00. The zero-order chi connectivity index (χ0) is 36.3. The molecule has 2 aromatic heterocycles. The number of anilines is 3. The number of fused-ring (bicyclic) bond motifs is 7. The van der Waals surface area contributed by atoms with Gasteiger partial charge in [-0.3, -0.25) is 0 Å². The molecule has 0 N–H and O–H groups in total. The summed E-state index contributed by atoms with van der Waals surface area (Å²) < 4.78 is 5.25. The van der Waals surface area contributed by atoms with Crippen LogP contribution in [0.4, 0.5) is 17.1 Å². The van der Waals surface area contributed by atoms with Gasteiger partial charge in [0.25, 0.3) is 0 Å². The number of hydrogen-bond acceptors (Lipinski definition) is 3. The average molecular weight is 736 g/mol. The van der Waals surface area contributed by atoms with Crippen molar-refractivity contribution in [3.63, 3.8) is 0 Å². The summed E-state index contributed by atoms with van der Waals surface area (Å²) in [5.41, 5.74) is 10.9. The van der Waals surface area contributed by atoms with E-state index in [2.05, 4.69) is 205 Å². The maximum atomic E-state index is 2.45. The van der Waals surface area contributed by atoms with Gasteiger partial charge >= 0.3 is 0 Å². The fourth-order valence-electron chi connectivity index (χ4n) is 8.20. The zero-order valence-electron chi connectivity index (χ0n) is 29.8. The van der Waals surface area contributed by atoms with Crippen molar-refractivity contribution in [2.45, 2.75) is 0 Å². The minimum absolute atomic E-state index is 1.13. The first kappa shape index (κ1) is 32.0. The lowest BCUT2D eigenvalue weighted by Crippen LogP contribution is -2.10. The van der Waals surface area contributed by atoms with E-state index < -0.39 is 0 Å². The van der Waals surface area contributed by atoms with Crippen LogP contribution in [0.15, 0.2) is 200 Å². The Labute approximate surface area is 327 Å². The van der Waals surface area contributed by atoms with Crippen molar-refractivity contribution >= 4 is 90.9 Å². The highest BCUT2D eigenvalue weighted by Gasteiger charge is 2.20. The Kier molecular flexibility index (Phi) is 7.61. The monoisotopic (exact) mass is 735 g/mol. The van der Waals surface area contributed by atoms with Crippen molar-refractivity contribution in [1.29, 1.82) is 0 Å². The van der Waals surface area contributed by atoms with Gasteiger partial charge in [-0.05, 0) is 86.6 Å². The normalized spacial score (nSPS) is 11.6. The standard InChI is InChI=1S/C52H33NS2/c1-3-12-34(13-4-1)37-24-25-39-33-41(31-28-38(39)32-37)53(40-29-26-36(27-30-40)43-18-9-19-45-44-16-7-8-23-49(44)54-50(43)45)48-22-11-21-47-46-20-10-17-42(51(46)55-52(47)48)35-14-5-2-6-15-35/h1-33H. The topological polar surface area (TPSA) is 3.24 Å². The molecule has 11 aromatic rings. The maximum Gasteiger partial charge on any atom is 0.0640 e. The van der Waals surface area contributed by atoms with E-state index in [1.54, 1.807) is 0 Å². The van der Waals surface area contributed by atoms with Gasteiger partial charge in [-0.25, -0.2) is 0 Å². The molecule has 9 aromatic carbocycles. The van der Waals surface area contributed by atoms with Gasteiger partial charge in [0.1, 0.15) is 0 Å². The summed E-state index contributed by atoms with van der Waals surface area (Å²) in [6.45, 7) is 0. The Hall–Kier alpha value is -6.52. The van der Waals surface area contributed by atoms with Gasteiger partial charge in [-0.1, -0.05) is 158 Å². The molecule has 258 valence electrons. The Balaban J connectivity index is 1.09. The van der Waals surface area contributed by atoms with Crippen LogP contribution in [0.3, 0.4) is 0 Å². The first-order valence-corrected chi connectivity index (χ1v) is 20.3. The van der Waals surface area contributed by atoms with Gasteiger partial charge < -0.3 is 4.90 Å². The van der Waals surface area contributed by atoms with E-state index in [9.17, 15) is 0 Å². The van der Waals surface area contributed by atoms with E-state index in [1.165, 1.54) is 90.2 Å². The highest BCUT2D eigenvalue weighted by molar-refractivity contribution is 7.27. The van der Waals surface area contributed by atoms with Crippen molar-refractivity contribution in [1.82, 2.24) is 0 Å². The summed E-state index contributed by atoms with van der Waals surface area (Å²) >= 11 is 3.78. The highest BCUT2D eigenvalue weighted by Crippen LogP contribution is 2.48. The van der Waals surface area contributed by atoms with Crippen LogP contribution in [0.2, 0.25) is 0 Å². The molecule has 11 rings (SSSR count). The van der Waals surface area contributed by atoms with Crippen LogP contribution in [0.1, 0.15) is 0 Å². The van der Waals surface area contributed by atoms with Gasteiger partial charge in [0.05, 0.1) is 10.4 Å². The van der Waals surface area contributed by atoms with E-state index >= 15 is 0 Å². The Morgan fingerprint density at radius 3 is 1.60 bits per heavy atom. The molecule has 55 heavy (non-hydrogen) atoms. The van der Waals surface area contributed by atoms with Crippen LogP contribution in [0.25, 0.3) is 84.5 Å². The fraction of sp³-hybridized carbons (Fsp3) is 0. The Morgan fingerprint density at radius 2 is 0.836 bits per heavy atom. The molecule has 0 bridgehead atoms. The van der Waals surface area contributed by atoms with Gasteiger partial charge in [0.2, 0.25) is 0 Å². The van der Waals surface area contributed by atoms with Crippen molar-refractivity contribution in [2.24, 2.45) is 0 Å². The third-order valence-corrected chi connectivity index (χ3v) is 13.4. The number of benzene rings is 9. The minimum Gasteiger partial charge on any atom is -0.309 e. The van der Waals surface area contributed by atoms with Crippen LogP contribution in [-0.2, 0) is 0 Å². The quantitative estimate of drug-likeness (QED) is 0.164. The van der Waals surface area contributed by atoms with Crippen LogP contribution in [-0.4, -0.2) is 0 Å². The minimum atomic E-state index is 1.13. The Morgan fingerprint density at radius 1 is 0.309 bits per heavy atom. The summed E-state index contributed by atoms with van der Waals surface area (Å²) in [5.74, 6) is 0. The molecule has 0 atom stereocenters. The van der Waals surface area contributed by atoms with Gasteiger partial charge in [-0.2, -0.15) is 0 Å². The molecule has 0 spiro atoms. The van der Waals surface area contributed by atoms with Crippen molar-refractivity contribution < 1.29 is 0 Å². The summed E-state index contributed by atoms with van der Waals surface area (Å²) in [4.78, 5) is 2.45. The molecule has 0 aliphatic carbocycles.